The molecule has 3 atom stereocenters. The summed E-state index contributed by atoms with van der Waals surface area (Å²) in [4.78, 5) is 15.2. The van der Waals surface area contributed by atoms with Crippen molar-refractivity contribution in [3.05, 3.63) is 59.4 Å². The van der Waals surface area contributed by atoms with Crippen molar-refractivity contribution in [3.63, 3.8) is 0 Å². The number of rotatable bonds is 4. The minimum Gasteiger partial charge on any atom is -0.497 e. The third kappa shape index (κ3) is 3.65. The molecule has 1 saturated heterocycles. The SMILES string of the molecule is COc1ccc(OC)c([C@@H]2[C@H]3CCCC[C@@]3(O)CCN2C(=O)c2cccc(F)c2)c1. The molecule has 2 fully saturated rings. The number of hydrogen-bond acceptors (Lipinski definition) is 4. The van der Waals surface area contributed by atoms with Crippen molar-refractivity contribution < 1.29 is 23.8 Å². The van der Waals surface area contributed by atoms with Crippen LogP contribution in [0.4, 0.5) is 4.39 Å². The van der Waals surface area contributed by atoms with Gasteiger partial charge in [-0.15, -0.1) is 0 Å². The highest BCUT2D eigenvalue weighted by molar-refractivity contribution is 5.94. The lowest BCUT2D eigenvalue weighted by Gasteiger charge is -2.52. The lowest BCUT2D eigenvalue weighted by molar-refractivity contribution is -0.115. The molecular weight excluding hydrogens is 385 g/mol. The summed E-state index contributed by atoms with van der Waals surface area (Å²) in [5, 5.41) is 11.5. The molecule has 1 amide bonds. The molecule has 0 aromatic heterocycles. The molecule has 4 rings (SSSR count). The zero-order chi connectivity index (χ0) is 21.3. The van der Waals surface area contributed by atoms with Gasteiger partial charge in [0.2, 0.25) is 0 Å². The number of benzene rings is 2. The predicted octanol–water partition coefficient (Wildman–Crippen LogP) is 4.35. The van der Waals surface area contributed by atoms with Gasteiger partial charge in [-0.1, -0.05) is 18.9 Å². The monoisotopic (exact) mass is 413 g/mol. The van der Waals surface area contributed by atoms with Gasteiger partial charge < -0.3 is 19.5 Å². The van der Waals surface area contributed by atoms with Gasteiger partial charge in [-0.3, -0.25) is 4.79 Å². The van der Waals surface area contributed by atoms with Crippen LogP contribution in [0.15, 0.2) is 42.5 Å². The first-order chi connectivity index (χ1) is 14.5. The van der Waals surface area contributed by atoms with Crippen LogP contribution in [0.5, 0.6) is 11.5 Å². The maximum atomic E-state index is 13.8. The molecule has 2 aromatic carbocycles. The molecule has 1 aliphatic heterocycles. The average molecular weight is 413 g/mol. The summed E-state index contributed by atoms with van der Waals surface area (Å²) >= 11 is 0. The third-order valence-electron chi connectivity index (χ3n) is 6.66. The van der Waals surface area contributed by atoms with E-state index in [-0.39, 0.29) is 17.9 Å². The second-order valence-corrected chi connectivity index (χ2v) is 8.27. The molecule has 5 nitrogen and oxygen atoms in total. The molecule has 0 bridgehead atoms. The molecule has 6 heteroatoms. The summed E-state index contributed by atoms with van der Waals surface area (Å²) in [7, 11) is 3.19. The van der Waals surface area contributed by atoms with Crippen molar-refractivity contribution in [1.29, 1.82) is 0 Å². The van der Waals surface area contributed by atoms with E-state index in [0.717, 1.165) is 31.2 Å². The second kappa shape index (κ2) is 8.26. The second-order valence-electron chi connectivity index (χ2n) is 8.27. The van der Waals surface area contributed by atoms with Crippen LogP contribution in [0.25, 0.3) is 0 Å². The lowest BCUT2D eigenvalue weighted by atomic mass is 9.66. The Bertz CT molecular complexity index is 933. The Kier molecular flexibility index (Phi) is 5.69. The van der Waals surface area contributed by atoms with Crippen LogP contribution in [0, 0.1) is 11.7 Å². The number of aliphatic hydroxyl groups is 1. The zero-order valence-electron chi connectivity index (χ0n) is 17.4. The van der Waals surface area contributed by atoms with E-state index < -0.39 is 11.4 Å². The smallest absolute Gasteiger partial charge is 0.254 e. The number of ether oxygens (including phenoxy) is 2. The van der Waals surface area contributed by atoms with Gasteiger partial charge in [0.1, 0.15) is 17.3 Å². The highest BCUT2D eigenvalue weighted by Gasteiger charge is 2.51. The lowest BCUT2D eigenvalue weighted by Crippen LogP contribution is -2.56. The van der Waals surface area contributed by atoms with E-state index >= 15 is 0 Å². The number of piperidine rings is 1. The Morgan fingerprint density at radius 3 is 2.70 bits per heavy atom. The number of fused-ring (bicyclic) bond motifs is 1. The van der Waals surface area contributed by atoms with Gasteiger partial charge in [0.05, 0.1) is 25.9 Å². The highest BCUT2D eigenvalue weighted by atomic mass is 19.1. The fourth-order valence-electron chi connectivity index (χ4n) is 5.15. The molecule has 2 aliphatic rings. The first-order valence-corrected chi connectivity index (χ1v) is 10.5. The number of likely N-dealkylation sites (tertiary alicyclic amines) is 1. The normalized spacial score (nSPS) is 26.1. The van der Waals surface area contributed by atoms with Crippen molar-refractivity contribution in [2.24, 2.45) is 5.92 Å². The van der Waals surface area contributed by atoms with Gasteiger partial charge in [0, 0.05) is 23.6 Å². The number of halogens is 1. The van der Waals surface area contributed by atoms with E-state index in [1.54, 1.807) is 31.3 Å². The fraction of sp³-hybridized carbons (Fsp3) is 0.458. The minimum absolute atomic E-state index is 0.126. The summed E-state index contributed by atoms with van der Waals surface area (Å²) in [6, 6.07) is 10.9. The molecule has 0 spiro atoms. The molecule has 160 valence electrons. The van der Waals surface area contributed by atoms with Gasteiger partial charge in [-0.25, -0.2) is 4.39 Å². The van der Waals surface area contributed by atoms with Gasteiger partial charge in [-0.2, -0.15) is 0 Å². The number of carbonyl (C=O) groups excluding carboxylic acids is 1. The van der Waals surface area contributed by atoms with Crippen LogP contribution in [-0.4, -0.2) is 42.3 Å². The maximum absolute atomic E-state index is 13.8. The Labute approximate surface area is 176 Å². The maximum Gasteiger partial charge on any atom is 0.254 e. The largest absolute Gasteiger partial charge is 0.497 e. The Balaban J connectivity index is 1.82. The quantitative estimate of drug-likeness (QED) is 0.810. The van der Waals surface area contributed by atoms with Crippen molar-refractivity contribution in [2.45, 2.75) is 43.7 Å². The van der Waals surface area contributed by atoms with E-state index in [9.17, 15) is 14.3 Å². The van der Waals surface area contributed by atoms with Crippen molar-refractivity contribution in [3.8, 4) is 11.5 Å². The first kappa shape index (κ1) is 20.7. The number of methoxy groups -OCH3 is 2. The van der Waals surface area contributed by atoms with Crippen LogP contribution in [0.2, 0.25) is 0 Å². The minimum atomic E-state index is -0.824. The Morgan fingerprint density at radius 1 is 1.13 bits per heavy atom. The van der Waals surface area contributed by atoms with Crippen LogP contribution in [0.3, 0.4) is 0 Å². The highest BCUT2D eigenvalue weighted by Crippen LogP contribution is 2.51. The molecule has 1 saturated carbocycles. The van der Waals surface area contributed by atoms with Gasteiger partial charge in [0.15, 0.2) is 0 Å². The molecule has 2 aromatic rings. The average Bonchev–Trinajstić information content (AvgIpc) is 2.77. The van der Waals surface area contributed by atoms with E-state index in [1.165, 1.54) is 12.1 Å². The number of carbonyl (C=O) groups is 1. The molecule has 1 N–H and O–H groups in total. The van der Waals surface area contributed by atoms with Crippen LogP contribution in [0.1, 0.15) is 54.1 Å². The van der Waals surface area contributed by atoms with Gasteiger partial charge >= 0.3 is 0 Å². The van der Waals surface area contributed by atoms with E-state index in [4.69, 9.17) is 9.47 Å². The number of amides is 1. The van der Waals surface area contributed by atoms with Crippen molar-refractivity contribution >= 4 is 5.91 Å². The topological polar surface area (TPSA) is 59.0 Å². The van der Waals surface area contributed by atoms with Crippen LogP contribution >= 0.6 is 0 Å². The van der Waals surface area contributed by atoms with Crippen molar-refractivity contribution in [2.75, 3.05) is 20.8 Å². The summed E-state index contributed by atoms with van der Waals surface area (Å²) in [6.45, 7) is 0.396. The molecule has 1 heterocycles. The molecular formula is C24H28FNO4. The van der Waals surface area contributed by atoms with E-state index in [2.05, 4.69) is 0 Å². The summed E-state index contributed by atoms with van der Waals surface area (Å²) in [6.07, 6.45) is 4.03. The van der Waals surface area contributed by atoms with Crippen LogP contribution < -0.4 is 9.47 Å². The van der Waals surface area contributed by atoms with Crippen molar-refractivity contribution in [1.82, 2.24) is 4.90 Å². The van der Waals surface area contributed by atoms with Crippen LogP contribution in [-0.2, 0) is 0 Å². The molecule has 1 aliphatic carbocycles. The Hall–Kier alpha value is -2.60. The molecule has 0 radical (unpaired) electrons. The zero-order valence-corrected chi connectivity index (χ0v) is 17.4. The standard InChI is InChI=1S/C24H28FNO4/c1-29-18-9-10-21(30-2)19(15-18)22-20-8-3-4-11-24(20,28)12-13-26(22)23(27)16-6-5-7-17(25)14-16/h5-7,9-10,14-15,20,22,28H,3-4,8,11-13H2,1-2H3/t20-,22-,24-/m1/s1. The predicted molar refractivity (Wildman–Crippen MR) is 111 cm³/mol. The summed E-state index contributed by atoms with van der Waals surface area (Å²) in [5.74, 6) is 0.500. The number of hydrogen-bond donors (Lipinski definition) is 1. The van der Waals surface area contributed by atoms with E-state index in [0.29, 0.717) is 30.0 Å². The molecule has 0 unspecified atom stereocenters. The number of nitrogens with zero attached hydrogens (tertiary/aromatic N) is 1. The molecule has 30 heavy (non-hydrogen) atoms. The van der Waals surface area contributed by atoms with E-state index in [1.807, 2.05) is 18.2 Å². The fourth-order valence-corrected chi connectivity index (χ4v) is 5.15. The van der Waals surface area contributed by atoms with Gasteiger partial charge in [-0.05, 0) is 55.7 Å². The summed E-state index contributed by atoms with van der Waals surface area (Å²) in [5.41, 5.74) is 0.296. The summed E-state index contributed by atoms with van der Waals surface area (Å²) < 4.78 is 24.9. The van der Waals surface area contributed by atoms with Gasteiger partial charge in [0.25, 0.3) is 5.91 Å². The Morgan fingerprint density at radius 2 is 1.97 bits per heavy atom. The first-order valence-electron chi connectivity index (χ1n) is 10.5. The third-order valence-corrected chi connectivity index (χ3v) is 6.66.